The van der Waals surface area contributed by atoms with Gasteiger partial charge in [0.1, 0.15) is 18.4 Å². The number of carbonyl (C=O) groups is 1. The van der Waals surface area contributed by atoms with Crippen LogP contribution in [0, 0.1) is 5.92 Å². The summed E-state index contributed by atoms with van der Waals surface area (Å²) in [6.45, 7) is 2.33. The maximum Gasteiger partial charge on any atom is 0.325 e. The SMILES string of the molecule is O=C(O)[C@H](c1c[nH]c2ccc(OCc3ccccc3)cc12)N1C[C@@H]2C[C@@H](C1)c1cccc(=O)n1C2. The van der Waals surface area contributed by atoms with Gasteiger partial charge in [0.15, 0.2) is 0 Å². The monoisotopic (exact) mass is 469 g/mol. The van der Waals surface area contributed by atoms with Gasteiger partial charge in [-0.25, -0.2) is 0 Å². The van der Waals surface area contributed by atoms with Crippen molar-refractivity contribution in [3.63, 3.8) is 0 Å². The zero-order valence-corrected chi connectivity index (χ0v) is 19.3. The van der Waals surface area contributed by atoms with Gasteiger partial charge in [-0.3, -0.25) is 14.5 Å². The van der Waals surface area contributed by atoms with Crippen molar-refractivity contribution in [2.24, 2.45) is 5.92 Å². The molecular weight excluding hydrogens is 442 g/mol. The summed E-state index contributed by atoms with van der Waals surface area (Å²) < 4.78 is 7.88. The molecule has 0 spiro atoms. The number of aliphatic carboxylic acids is 1. The normalized spacial score (nSPS) is 20.3. The largest absolute Gasteiger partial charge is 0.489 e. The molecule has 2 aromatic carbocycles. The summed E-state index contributed by atoms with van der Waals surface area (Å²) in [6.07, 6.45) is 2.80. The molecule has 2 bridgehead atoms. The number of piperidine rings is 1. The van der Waals surface area contributed by atoms with Gasteiger partial charge < -0.3 is 19.4 Å². The molecule has 4 aromatic rings. The molecule has 0 amide bonds. The highest BCUT2D eigenvalue weighted by molar-refractivity contribution is 5.90. The van der Waals surface area contributed by atoms with Gasteiger partial charge in [-0.05, 0) is 42.2 Å². The fourth-order valence-corrected chi connectivity index (χ4v) is 5.81. The molecule has 178 valence electrons. The van der Waals surface area contributed by atoms with E-state index in [4.69, 9.17) is 4.74 Å². The van der Waals surface area contributed by atoms with Crippen LogP contribution in [0.1, 0.15) is 35.2 Å². The fourth-order valence-electron chi connectivity index (χ4n) is 5.81. The molecule has 0 unspecified atom stereocenters. The lowest BCUT2D eigenvalue weighted by Crippen LogP contribution is -2.49. The minimum atomic E-state index is -0.869. The van der Waals surface area contributed by atoms with Crippen LogP contribution in [-0.4, -0.2) is 38.6 Å². The number of nitrogens with one attached hydrogen (secondary N) is 1. The van der Waals surface area contributed by atoms with E-state index in [1.54, 1.807) is 12.1 Å². The van der Waals surface area contributed by atoms with Crippen LogP contribution >= 0.6 is 0 Å². The molecule has 2 N–H and O–H groups in total. The highest BCUT2D eigenvalue weighted by atomic mass is 16.5. The topological polar surface area (TPSA) is 87.6 Å². The summed E-state index contributed by atoms with van der Waals surface area (Å²) in [7, 11) is 0. The molecule has 6 rings (SSSR count). The Bertz CT molecular complexity index is 1440. The third-order valence-corrected chi connectivity index (χ3v) is 7.34. The second-order valence-corrected chi connectivity index (χ2v) is 9.62. The van der Waals surface area contributed by atoms with Crippen molar-refractivity contribution in [1.29, 1.82) is 0 Å². The maximum atomic E-state index is 12.6. The Morgan fingerprint density at radius 3 is 2.74 bits per heavy atom. The van der Waals surface area contributed by atoms with Crippen LogP contribution in [0.15, 0.2) is 77.7 Å². The number of rotatable bonds is 6. The van der Waals surface area contributed by atoms with Crippen LogP contribution in [0.5, 0.6) is 5.75 Å². The third kappa shape index (κ3) is 4.02. The van der Waals surface area contributed by atoms with Crippen molar-refractivity contribution in [3.8, 4) is 5.75 Å². The average molecular weight is 470 g/mol. The second-order valence-electron chi connectivity index (χ2n) is 9.62. The predicted octanol–water partition coefficient (Wildman–Crippen LogP) is 4.15. The number of nitrogens with zero attached hydrogens (tertiary/aromatic N) is 2. The molecule has 0 saturated carbocycles. The number of H-pyrrole nitrogens is 1. The fraction of sp³-hybridized carbons (Fsp3) is 0.286. The first kappa shape index (κ1) is 21.7. The minimum Gasteiger partial charge on any atom is -0.489 e. The minimum absolute atomic E-state index is 0.0279. The van der Waals surface area contributed by atoms with E-state index in [0.717, 1.165) is 34.1 Å². The summed E-state index contributed by atoms with van der Waals surface area (Å²) in [6, 6.07) is 20.4. The molecule has 1 fully saturated rings. The molecular formula is C28H27N3O4. The Kier molecular flexibility index (Phi) is 5.41. The Balaban J connectivity index is 1.30. The van der Waals surface area contributed by atoms with E-state index in [2.05, 4.69) is 9.88 Å². The zero-order chi connectivity index (χ0) is 23.9. The number of likely N-dealkylation sites (tertiary alicyclic amines) is 1. The van der Waals surface area contributed by atoms with Crippen molar-refractivity contribution in [3.05, 3.63) is 100 Å². The summed E-state index contributed by atoms with van der Waals surface area (Å²) in [5.74, 6) is 0.230. The van der Waals surface area contributed by atoms with Gasteiger partial charge in [-0.2, -0.15) is 0 Å². The standard InChI is InChI=1S/C28H27N3O4/c32-26-8-4-7-25-20-11-19(15-31(25)26)14-30(16-20)27(28(33)34)23-13-29-24-10-9-21(12-22(23)24)35-17-18-5-2-1-3-6-18/h1-10,12-13,19-20,27,29H,11,14-17H2,(H,33,34)/t19-,20-,27-/m0/s1. The van der Waals surface area contributed by atoms with Gasteiger partial charge in [0.2, 0.25) is 0 Å². The number of carboxylic acids is 1. The maximum absolute atomic E-state index is 12.6. The number of carboxylic acid groups (broad SMARTS) is 1. The highest BCUT2D eigenvalue weighted by Crippen LogP contribution is 2.40. The quantitative estimate of drug-likeness (QED) is 0.443. The van der Waals surface area contributed by atoms with E-state index < -0.39 is 12.0 Å². The lowest BCUT2D eigenvalue weighted by atomic mass is 9.82. The van der Waals surface area contributed by atoms with E-state index >= 15 is 0 Å². The van der Waals surface area contributed by atoms with Crippen molar-refractivity contribution >= 4 is 16.9 Å². The molecule has 4 heterocycles. The molecule has 7 nitrogen and oxygen atoms in total. The smallest absolute Gasteiger partial charge is 0.325 e. The van der Waals surface area contributed by atoms with E-state index in [-0.39, 0.29) is 17.4 Å². The lowest BCUT2D eigenvalue weighted by Gasteiger charge is -2.44. The molecule has 2 aromatic heterocycles. The molecule has 2 aliphatic rings. The first-order chi connectivity index (χ1) is 17.1. The number of pyridine rings is 1. The Morgan fingerprint density at radius 2 is 1.91 bits per heavy atom. The highest BCUT2D eigenvalue weighted by Gasteiger charge is 2.40. The molecule has 0 radical (unpaired) electrons. The molecule has 2 aliphatic heterocycles. The van der Waals surface area contributed by atoms with Crippen molar-refractivity contribution in [1.82, 2.24) is 14.5 Å². The molecule has 7 heteroatoms. The second kappa shape index (κ2) is 8.74. The van der Waals surface area contributed by atoms with Crippen LogP contribution in [0.4, 0.5) is 0 Å². The van der Waals surface area contributed by atoms with E-state index in [1.165, 1.54) is 0 Å². The molecule has 0 aliphatic carbocycles. The number of fused-ring (bicyclic) bond motifs is 5. The number of hydrogen-bond donors (Lipinski definition) is 2. The summed E-state index contributed by atoms with van der Waals surface area (Å²) in [5, 5.41) is 11.2. The van der Waals surface area contributed by atoms with Gasteiger partial charge in [-0.1, -0.05) is 36.4 Å². The number of aromatic amines is 1. The average Bonchev–Trinajstić information content (AvgIpc) is 3.27. The molecule has 3 atom stereocenters. The van der Waals surface area contributed by atoms with Crippen LogP contribution in [-0.2, 0) is 17.9 Å². The van der Waals surface area contributed by atoms with E-state index in [1.807, 2.05) is 65.4 Å². The Morgan fingerprint density at radius 1 is 1.06 bits per heavy atom. The molecule has 35 heavy (non-hydrogen) atoms. The van der Waals surface area contributed by atoms with Gasteiger partial charge >= 0.3 is 5.97 Å². The van der Waals surface area contributed by atoms with E-state index in [0.29, 0.717) is 32.0 Å². The zero-order valence-electron chi connectivity index (χ0n) is 19.3. The van der Waals surface area contributed by atoms with Crippen LogP contribution in [0.3, 0.4) is 0 Å². The van der Waals surface area contributed by atoms with Gasteiger partial charge in [-0.15, -0.1) is 0 Å². The van der Waals surface area contributed by atoms with Crippen molar-refractivity contribution in [2.45, 2.75) is 31.5 Å². The number of hydrogen-bond acceptors (Lipinski definition) is 4. The van der Waals surface area contributed by atoms with Gasteiger partial charge in [0, 0.05) is 60.0 Å². The first-order valence-corrected chi connectivity index (χ1v) is 12.0. The Hall–Kier alpha value is -3.84. The van der Waals surface area contributed by atoms with Crippen LogP contribution < -0.4 is 10.3 Å². The van der Waals surface area contributed by atoms with Gasteiger partial charge in [0.05, 0.1) is 0 Å². The lowest BCUT2D eigenvalue weighted by molar-refractivity contribution is -0.144. The third-order valence-electron chi connectivity index (χ3n) is 7.34. The summed E-state index contributed by atoms with van der Waals surface area (Å²) in [5.41, 5.74) is 3.73. The summed E-state index contributed by atoms with van der Waals surface area (Å²) in [4.78, 5) is 30.3. The first-order valence-electron chi connectivity index (χ1n) is 12.0. The van der Waals surface area contributed by atoms with Crippen LogP contribution in [0.25, 0.3) is 10.9 Å². The molecule has 1 saturated heterocycles. The number of ether oxygens (including phenoxy) is 1. The summed E-state index contributed by atoms with van der Waals surface area (Å²) >= 11 is 0. The van der Waals surface area contributed by atoms with Crippen LogP contribution in [0.2, 0.25) is 0 Å². The van der Waals surface area contributed by atoms with E-state index in [9.17, 15) is 14.7 Å². The number of aromatic nitrogens is 2. The van der Waals surface area contributed by atoms with Gasteiger partial charge in [0.25, 0.3) is 5.56 Å². The Labute approximate surface area is 202 Å². The number of benzene rings is 2. The van der Waals surface area contributed by atoms with Crippen molar-refractivity contribution < 1.29 is 14.6 Å². The van der Waals surface area contributed by atoms with Crippen molar-refractivity contribution in [2.75, 3.05) is 13.1 Å². The predicted molar refractivity (Wildman–Crippen MR) is 133 cm³/mol.